The summed E-state index contributed by atoms with van der Waals surface area (Å²) < 4.78 is 29.6. The van der Waals surface area contributed by atoms with Crippen molar-refractivity contribution < 1.29 is 68.1 Å². The molecule has 1 aromatic rings. The van der Waals surface area contributed by atoms with Crippen LogP contribution in [0.2, 0.25) is 0 Å². The second-order valence-corrected chi connectivity index (χ2v) is 18.2. The van der Waals surface area contributed by atoms with E-state index in [1.54, 1.807) is 52.8 Å². The largest absolute Gasteiger partial charge is 0.456 e. The first-order valence-corrected chi connectivity index (χ1v) is 19.2. The smallest absolute Gasteiger partial charge is 0.407 e. The first kappa shape index (κ1) is 41.7. The van der Waals surface area contributed by atoms with Crippen molar-refractivity contribution in [1.29, 1.82) is 0 Å². The van der Waals surface area contributed by atoms with Gasteiger partial charge in [-0.05, 0) is 83.6 Å². The summed E-state index contributed by atoms with van der Waals surface area (Å²) in [6.45, 7) is 13.1. The van der Waals surface area contributed by atoms with Gasteiger partial charge in [0.25, 0.3) is 0 Å². The number of nitrogens with one attached hydrogen (secondary N) is 1. The van der Waals surface area contributed by atoms with Crippen LogP contribution in [0.25, 0.3) is 0 Å². The lowest BCUT2D eigenvalue weighted by molar-refractivity contribution is -0.346. The quantitative estimate of drug-likeness (QED) is 0.145. The first-order chi connectivity index (χ1) is 25.8. The molecule has 15 nitrogen and oxygen atoms in total. The van der Waals surface area contributed by atoms with E-state index < -0.39 is 112 Å². The number of carbonyl (C=O) groups excluding carboxylic acids is 5. The second kappa shape index (κ2) is 13.9. The van der Waals surface area contributed by atoms with Crippen molar-refractivity contribution >= 4 is 29.8 Å². The number of esters is 3. The molecule has 1 saturated heterocycles. The Kier molecular flexibility index (Phi) is 10.4. The van der Waals surface area contributed by atoms with Crippen LogP contribution in [0.1, 0.15) is 98.4 Å². The Morgan fingerprint density at radius 3 is 2.16 bits per heavy atom. The van der Waals surface area contributed by atoms with Crippen LogP contribution in [0.5, 0.6) is 0 Å². The molecule has 1 amide bonds. The van der Waals surface area contributed by atoms with Gasteiger partial charge >= 0.3 is 24.0 Å². The van der Waals surface area contributed by atoms with Gasteiger partial charge in [-0.2, -0.15) is 0 Å². The number of benzene rings is 1. The van der Waals surface area contributed by atoms with Crippen molar-refractivity contribution in [3.63, 3.8) is 0 Å². The highest BCUT2D eigenvalue weighted by Crippen LogP contribution is 2.64. The molecule has 4 fully saturated rings. The van der Waals surface area contributed by atoms with Crippen LogP contribution in [0.3, 0.4) is 0 Å². The molecule has 1 aromatic carbocycles. The fraction of sp³-hybridized carbons (Fsp3) is 0.683. The summed E-state index contributed by atoms with van der Waals surface area (Å²) in [4.78, 5) is 68.8. The highest BCUT2D eigenvalue weighted by molar-refractivity contribution is 5.94. The lowest BCUT2D eigenvalue weighted by atomic mass is 9.44. The molecule has 4 aliphatic carbocycles. The van der Waals surface area contributed by atoms with Gasteiger partial charge in [-0.1, -0.05) is 32.0 Å². The summed E-state index contributed by atoms with van der Waals surface area (Å²) in [5.41, 5.74) is -10.6. The number of fused-ring (bicyclic) bond motifs is 5. The van der Waals surface area contributed by atoms with E-state index in [2.05, 4.69) is 5.32 Å². The summed E-state index contributed by atoms with van der Waals surface area (Å²) in [6.07, 6.45) is -8.00. The molecule has 2 bridgehead atoms. The zero-order chi connectivity index (χ0) is 41.6. The maximum absolute atomic E-state index is 14.9. The van der Waals surface area contributed by atoms with Crippen molar-refractivity contribution in [2.45, 2.75) is 147 Å². The summed E-state index contributed by atoms with van der Waals surface area (Å²) in [7, 11) is 0. The maximum atomic E-state index is 14.9. The SMILES string of the molecule is CC(=O)O[C@@]12CO[C@@H]1C[C@H](O)[C@@]1(C)C(=O)[C@H](O)C3=C(C)[C@@H](OC(=O)[C@](C)(O)[C@@H](NC(=O)OC(C)(C)C)C4CC4)C[C@@](O)([C@@H](OC(=O)c4ccccc4)[C@H]21)C3(C)C. The molecule has 308 valence electrons. The molecule has 11 atom stereocenters. The number of hydrogen-bond acceptors (Lipinski definition) is 14. The molecular formula is C41H55NO14. The van der Waals surface area contributed by atoms with E-state index >= 15 is 0 Å². The van der Waals surface area contributed by atoms with E-state index in [-0.39, 0.29) is 35.7 Å². The topological polar surface area (TPSA) is 224 Å². The molecule has 0 unspecified atom stereocenters. The van der Waals surface area contributed by atoms with Gasteiger partial charge in [0, 0.05) is 25.2 Å². The molecule has 5 aliphatic rings. The minimum atomic E-state index is -2.33. The van der Waals surface area contributed by atoms with Gasteiger partial charge in [0.05, 0.1) is 35.6 Å². The molecule has 0 radical (unpaired) electrons. The molecule has 3 saturated carbocycles. The van der Waals surface area contributed by atoms with Crippen LogP contribution in [0, 0.1) is 22.7 Å². The maximum Gasteiger partial charge on any atom is 0.407 e. The summed E-state index contributed by atoms with van der Waals surface area (Å²) in [6, 6.07) is 6.77. The molecule has 6 rings (SSSR count). The average molecular weight is 786 g/mol. The Morgan fingerprint density at radius 1 is 1.00 bits per heavy atom. The van der Waals surface area contributed by atoms with Crippen molar-refractivity contribution in [3.05, 3.63) is 47.0 Å². The zero-order valence-electron chi connectivity index (χ0n) is 33.4. The van der Waals surface area contributed by atoms with Gasteiger partial charge in [-0.15, -0.1) is 0 Å². The third kappa shape index (κ3) is 6.62. The van der Waals surface area contributed by atoms with Crippen molar-refractivity contribution in [2.24, 2.45) is 22.7 Å². The Hall–Kier alpha value is -3.89. The Labute approximate surface area is 326 Å². The number of ether oxygens (including phenoxy) is 5. The van der Waals surface area contributed by atoms with Crippen LogP contribution in [-0.4, -0.2) is 116 Å². The number of alkyl carbamates (subject to hydrolysis) is 1. The molecule has 5 N–H and O–H groups in total. The number of amides is 1. The fourth-order valence-corrected chi connectivity index (χ4v) is 9.73. The van der Waals surface area contributed by atoms with Crippen LogP contribution >= 0.6 is 0 Å². The minimum Gasteiger partial charge on any atom is -0.456 e. The molecular weight excluding hydrogens is 730 g/mol. The van der Waals surface area contributed by atoms with Gasteiger partial charge in [-0.25, -0.2) is 14.4 Å². The van der Waals surface area contributed by atoms with Crippen molar-refractivity contribution in [3.8, 4) is 0 Å². The highest BCUT2D eigenvalue weighted by Gasteiger charge is 2.78. The molecule has 0 aromatic heterocycles. The molecule has 0 spiro atoms. The standard InChI is InChI=1S/C41H55NO14/c1-20-24(53-34(48)39(9,50)30(22-15-16-22)42-35(49)56-36(3,4)5)18-41(51)32(54-33(47)23-13-11-10-12-14-23)29-38(8,31(46)28(45)27(20)37(41,6)7)25(44)17-26-40(29,19-52-26)55-21(2)43/h10-14,22,24-26,28-30,32,44-45,50-51H,15-19H2,1-9H3,(H,42,49)/t24-,25-,26+,28+,29-,30-,32-,38+,39+,40-,41+/m0/s1. The van der Waals surface area contributed by atoms with E-state index in [4.69, 9.17) is 23.7 Å². The molecule has 15 heteroatoms. The van der Waals surface area contributed by atoms with E-state index in [1.807, 2.05) is 0 Å². The number of aliphatic hydroxyl groups is 4. The summed E-state index contributed by atoms with van der Waals surface area (Å²) >= 11 is 0. The van der Waals surface area contributed by atoms with E-state index in [9.17, 15) is 44.4 Å². The predicted octanol–water partition coefficient (Wildman–Crippen LogP) is 2.69. The Morgan fingerprint density at radius 2 is 1.62 bits per heavy atom. The Balaban J connectivity index is 1.49. The van der Waals surface area contributed by atoms with E-state index in [0.717, 1.165) is 6.92 Å². The van der Waals surface area contributed by atoms with Crippen LogP contribution in [0.15, 0.2) is 41.5 Å². The highest BCUT2D eigenvalue weighted by atomic mass is 16.6. The van der Waals surface area contributed by atoms with Crippen LogP contribution in [0.4, 0.5) is 4.79 Å². The third-order valence-electron chi connectivity index (χ3n) is 13.0. The van der Waals surface area contributed by atoms with Crippen molar-refractivity contribution in [1.82, 2.24) is 5.32 Å². The number of rotatable bonds is 8. The number of aliphatic hydroxyl groups excluding tert-OH is 2. The average Bonchev–Trinajstić information content (AvgIpc) is 3.93. The van der Waals surface area contributed by atoms with Gasteiger partial charge < -0.3 is 49.4 Å². The summed E-state index contributed by atoms with van der Waals surface area (Å²) in [5, 5.41) is 51.8. The normalized spacial score (nSPS) is 36.5. The van der Waals surface area contributed by atoms with Crippen molar-refractivity contribution in [2.75, 3.05) is 6.61 Å². The number of ketones is 1. The zero-order valence-corrected chi connectivity index (χ0v) is 33.4. The lowest BCUT2D eigenvalue weighted by Gasteiger charge is -2.67. The number of carbonyl (C=O) groups is 5. The molecule has 1 heterocycles. The van der Waals surface area contributed by atoms with Gasteiger partial charge in [0.15, 0.2) is 17.0 Å². The predicted molar refractivity (Wildman–Crippen MR) is 196 cm³/mol. The van der Waals surface area contributed by atoms with Gasteiger partial charge in [-0.3, -0.25) is 9.59 Å². The van der Waals surface area contributed by atoms with Crippen LogP contribution in [-0.2, 0) is 38.1 Å². The first-order valence-electron chi connectivity index (χ1n) is 19.2. The Bertz CT molecular complexity index is 1810. The summed E-state index contributed by atoms with van der Waals surface area (Å²) in [5.74, 6) is -5.52. The van der Waals surface area contributed by atoms with Gasteiger partial charge in [0.1, 0.15) is 35.6 Å². The number of hydrogen-bond donors (Lipinski definition) is 5. The van der Waals surface area contributed by atoms with E-state index in [0.29, 0.717) is 12.8 Å². The lowest BCUT2D eigenvalue weighted by Crippen LogP contribution is -2.81. The number of Topliss-reactive ketones (excluding diaryl/α,β-unsaturated/α-hetero) is 1. The van der Waals surface area contributed by atoms with Gasteiger partial charge in [0.2, 0.25) is 0 Å². The monoisotopic (exact) mass is 785 g/mol. The van der Waals surface area contributed by atoms with E-state index in [1.165, 1.54) is 32.9 Å². The minimum absolute atomic E-state index is 0.0412. The molecule has 56 heavy (non-hydrogen) atoms. The molecule has 1 aliphatic heterocycles. The van der Waals surface area contributed by atoms with Crippen LogP contribution < -0.4 is 5.32 Å². The third-order valence-corrected chi connectivity index (χ3v) is 13.0. The fourth-order valence-electron chi connectivity index (χ4n) is 9.73. The second-order valence-electron chi connectivity index (χ2n) is 18.2.